The Hall–Kier alpha value is -4.40. The zero-order valence-electron chi connectivity index (χ0n) is 19.6. The van der Waals surface area contributed by atoms with Crippen LogP contribution in [0.1, 0.15) is 22.8 Å². The van der Waals surface area contributed by atoms with Crippen LogP contribution in [0.25, 0.3) is 16.9 Å². The molecular weight excluding hydrogens is 430 g/mol. The van der Waals surface area contributed by atoms with E-state index in [1.54, 1.807) is 35.1 Å². The van der Waals surface area contributed by atoms with Gasteiger partial charge in [-0.1, -0.05) is 12.1 Å². The molecule has 0 fully saturated rings. The fourth-order valence-electron chi connectivity index (χ4n) is 3.62. The molecule has 4 rings (SSSR count). The molecule has 9 nitrogen and oxygen atoms in total. The first-order valence-electron chi connectivity index (χ1n) is 11.0. The molecule has 0 unspecified atom stereocenters. The van der Waals surface area contributed by atoms with E-state index in [0.29, 0.717) is 34.8 Å². The molecular formula is C25H27N7O2. The molecule has 2 heterocycles. The first-order chi connectivity index (χ1) is 16.4. The van der Waals surface area contributed by atoms with Crippen molar-refractivity contribution in [1.29, 1.82) is 0 Å². The van der Waals surface area contributed by atoms with E-state index in [1.165, 1.54) is 0 Å². The number of urea groups is 1. The van der Waals surface area contributed by atoms with Gasteiger partial charge < -0.3 is 20.9 Å². The monoisotopic (exact) mass is 457 g/mol. The van der Waals surface area contributed by atoms with Crippen molar-refractivity contribution in [3.05, 3.63) is 72.1 Å². The van der Waals surface area contributed by atoms with Crippen molar-refractivity contribution < 1.29 is 9.59 Å². The van der Waals surface area contributed by atoms with Gasteiger partial charge in [-0.25, -0.2) is 14.3 Å². The van der Waals surface area contributed by atoms with E-state index < -0.39 is 0 Å². The van der Waals surface area contributed by atoms with Crippen molar-refractivity contribution >= 4 is 34.6 Å². The Morgan fingerprint density at radius 2 is 1.79 bits per heavy atom. The van der Waals surface area contributed by atoms with Gasteiger partial charge in [-0.05, 0) is 55.8 Å². The molecule has 0 saturated carbocycles. The van der Waals surface area contributed by atoms with Crippen LogP contribution in [0.15, 0.2) is 60.9 Å². The van der Waals surface area contributed by atoms with E-state index in [4.69, 9.17) is 0 Å². The van der Waals surface area contributed by atoms with E-state index in [-0.39, 0.29) is 11.9 Å². The highest BCUT2D eigenvalue weighted by Gasteiger charge is 2.15. The normalized spacial score (nSPS) is 10.7. The molecule has 0 bridgehead atoms. The number of hydrogen-bond acceptors (Lipinski definition) is 5. The summed E-state index contributed by atoms with van der Waals surface area (Å²) < 4.78 is 1.62. The van der Waals surface area contributed by atoms with Crippen LogP contribution in [-0.4, -0.2) is 47.2 Å². The van der Waals surface area contributed by atoms with Crippen molar-refractivity contribution in [2.24, 2.45) is 0 Å². The predicted octanol–water partition coefficient (Wildman–Crippen LogP) is 4.16. The third-order valence-electron chi connectivity index (χ3n) is 5.45. The summed E-state index contributed by atoms with van der Waals surface area (Å²) in [5, 5.41) is 13.2. The van der Waals surface area contributed by atoms with Crippen LogP contribution < -0.4 is 20.9 Å². The lowest BCUT2D eigenvalue weighted by Crippen LogP contribution is -2.28. The number of nitrogens with one attached hydrogen (secondary N) is 3. The molecule has 0 aliphatic rings. The quantitative estimate of drug-likeness (QED) is 0.403. The Balaban J connectivity index is 1.65. The summed E-state index contributed by atoms with van der Waals surface area (Å²) in [5.41, 5.74) is 5.68. The third-order valence-corrected chi connectivity index (χ3v) is 5.45. The van der Waals surface area contributed by atoms with Crippen molar-refractivity contribution in [3.8, 4) is 11.3 Å². The number of carbonyl (C=O) groups is 2. The number of rotatable bonds is 6. The maximum Gasteiger partial charge on any atom is 0.319 e. The minimum Gasteiger partial charge on any atom is -0.378 e. The second kappa shape index (κ2) is 9.62. The lowest BCUT2D eigenvalue weighted by atomic mass is 10.0. The summed E-state index contributed by atoms with van der Waals surface area (Å²) in [6.45, 7) is 4.28. The van der Waals surface area contributed by atoms with Crippen molar-refractivity contribution in [2.45, 2.75) is 13.8 Å². The molecule has 0 aliphatic carbocycles. The van der Waals surface area contributed by atoms with E-state index in [2.05, 4.69) is 26.0 Å². The molecule has 2 aromatic heterocycles. The van der Waals surface area contributed by atoms with E-state index >= 15 is 0 Å². The number of anilines is 3. The number of nitrogens with zero attached hydrogens (tertiary/aromatic N) is 4. The van der Waals surface area contributed by atoms with E-state index in [1.807, 2.05) is 63.2 Å². The second-order valence-electron chi connectivity index (χ2n) is 8.00. The van der Waals surface area contributed by atoms with Crippen LogP contribution >= 0.6 is 0 Å². The molecule has 0 saturated heterocycles. The van der Waals surface area contributed by atoms with Crippen LogP contribution in [0.2, 0.25) is 0 Å². The van der Waals surface area contributed by atoms with Gasteiger partial charge >= 0.3 is 6.03 Å². The average molecular weight is 458 g/mol. The summed E-state index contributed by atoms with van der Waals surface area (Å²) in [4.78, 5) is 31.3. The summed E-state index contributed by atoms with van der Waals surface area (Å²) in [6.07, 6.45) is 3.35. The number of imidazole rings is 1. The number of carbonyl (C=O) groups excluding carboxylic acids is 2. The number of hydrogen-bond donors (Lipinski definition) is 3. The standard InChI is InChI=1S/C25H27N7O2/c1-5-26-25(34)29-22-15-21(30-32-14-13-27-23(22)32)19-7-6-8-20(16(19)2)28-24(33)17-9-11-18(12-10-17)31(3)4/h6-15H,5H2,1-4H3,(H,28,33)(H2,26,29,34). The SMILES string of the molecule is CCNC(=O)Nc1cc(-c2cccc(NC(=O)c3ccc(N(C)C)cc3)c2C)nn2ccnc12. The average Bonchev–Trinajstić information content (AvgIpc) is 3.29. The van der Waals surface area contributed by atoms with Crippen LogP contribution in [0.4, 0.5) is 21.9 Å². The zero-order valence-corrected chi connectivity index (χ0v) is 19.6. The van der Waals surface area contributed by atoms with Crippen LogP contribution in [0, 0.1) is 6.92 Å². The van der Waals surface area contributed by atoms with Crippen molar-refractivity contribution in [2.75, 3.05) is 36.2 Å². The van der Waals surface area contributed by atoms with E-state index in [0.717, 1.165) is 16.8 Å². The Bertz CT molecular complexity index is 1340. The molecule has 0 atom stereocenters. The molecule has 4 aromatic rings. The molecule has 34 heavy (non-hydrogen) atoms. The number of aromatic nitrogens is 3. The van der Waals surface area contributed by atoms with Gasteiger partial charge in [0.2, 0.25) is 0 Å². The highest BCUT2D eigenvalue weighted by atomic mass is 16.2. The lowest BCUT2D eigenvalue weighted by Gasteiger charge is -2.15. The summed E-state index contributed by atoms with van der Waals surface area (Å²) in [6, 6.07) is 14.5. The zero-order chi connectivity index (χ0) is 24.2. The van der Waals surface area contributed by atoms with Crippen LogP contribution in [0.3, 0.4) is 0 Å². The number of amides is 3. The Morgan fingerprint density at radius 1 is 1.03 bits per heavy atom. The Morgan fingerprint density at radius 3 is 2.50 bits per heavy atom. The topological polar surface area (TPSA) is 104 Å². The van der Waals surface area contributed by atoms with E-state index in [9.17, 15) is 9.59 Å². The van der Waals surface area contributed by atoms with Gasteiger partial charge in [0.25, 0.3) is 5.91 Å². The molecule has 3 N–H and O–H groups in total. The lowest BCUT2D eigenvalue weighted by molar-refractivity contribution is 0.102. The first kappa shape index (κ1) is 22.8. The summed E-state index contributed by atoms with van der Waals surface area (Å²) in [5.74, 6) is -0.192. The molecule has 0 spiro atoms. The molecule has 9 heteroatoms. The summed E-state index contributed by atoms with van der Waals surface area (Å²) in [7, 11) is 3.91. The maximum absolute atomic E-state index is 12.9. The maximum atomic E-state index is 12.9. The first-order valence-corrected chi connectivity index (χ1v) is 11.0. The highest BCUT2D eigenvalue weighted by Crippen LogP contribution is 2.30. The summed E-state index contributed by atoms with van der Waals surface area (Å²) >= 11 is 0. The van der Waals surface area contributed by atoms with Gasteiger partial charge in [0.1, 0.15) is 0 Å². The van der Waals surface area contributed by atoms with Crippen LogP contribution in [0.5, 0.6) is 0 Å². The molecule has 174 valence electrons. The molecule has 3 amide bonds. The molecule has 2 aromatic carbocycles. The van der Waals surface area contributed by atoms with Gasteiger partial charge in [-0.15, -0.1) is 0 Å². The predicted molar refractivity (Wildman–Crippen MR) is 135 cm³/mol. The van der Waals surface area contributed by atoms with Gasteiger partial charge in [0, 0.05) is 55.5 Å². The molecule has 0 radical (unpaired) electrons. The third kappa shape index (κ3) is 4.68. The largest absolute Gasteiger partial charge is 0.378 e. The number of fused-ring (bicyclic) bond motifs is 1. The molecule has 0 aliphatic heterocycles. The van der Waals surface area contributed by atoms with Crippen LogP contribution in [-0.2, 0) is 0 Å². The number of benzene rings is 2. The smallest absolute Gasteiger partial charge is 0.319 e. The Kier molecular flexibility index (Phi) is 6.44. The van der Waals surface area contributed by atoms with Gasteiger partial charge in [0.05, 0.1) is 11.4 Å². The second-order valence-corrected chi connectivity index (χ2v) is 8.00. The van der Waals surface area contributed by atoms with Gasteiger partial charge in [0.15, 0.2) is 5.65 Å². The van der Waals surface area contributed by atoms with Gasteiger partial charge in [-0.2, -0.15) is 5.10 Å². The fourth-order valence-corrected chi connectivity index (χ4v) is 3.62. The van der Waals surface area contributed by atoms with Crippen molar-refractivity contribution in [1.82, 2.24) is 19.9 Å². The minimum absolute atomic E-state index is 0.192. The van der Waals surface area contributed by atoms with Gasteiger partial charge in [-0.3, -0.25) is 4.79 Å². The fraction of sp³-hybridized carbons (Fsp3) is 0.200. The van der Waals surface area contributed by atoms with Crippen molar-refractivity contribution in [3.63, 3.8) is 0 Å². The minimum atomic E-state index is -0.317. The Labute approximate surface area is 197 Å². The highest BCUT2D eigenvalue weighted by molar-refractivity contribution is 6.05.